The van der Waals surface area contributed by atoms with Crippen LogP contribution in [0.2, 0.25) is 0 Å². The number of rotatable bonds is 28. The number of hydrogen-bond donors (Lipinski definition) is 0. The maximum absolute atomic E-state index is 11.8. The molecule has 238 valence electrons. The van der Waals surface area contributed by atoms with Crippen molar-refractivity contribution in [2.24, 2.45) is 0 Å². The third kappa shape index (κ3) is 29.5. The number of ether oxygens (including phenoxy) is 8. The van der Waals surface area contributed by atoms with Gasteiger partial charge in [-0.1, -0.05) is 39.0 Å². The summed E-state index contributed by atoms with van der Waals surface area (Å²) in [6.45, 7) is 13.9. The Morgan fingerprint density at radius 1 is 0.575 bits per heavy atom. The van der Waals surface area contributed by atoms with E-state index in [0.717, 1.165) is 12.8 Å². The van der Waals surface area contributed by atoms with Crippen molar-refractivity contribution in [3.05, 3.63) is 0 Å². The highest BCUT2D eigenvalue weighted by Gasteiger charge is 2.19. The summed E-state index contributed by atoms with van der Waals surface area (Å²) in [6, 6.07) is 0. The van der Waals surface area contributed by atoms with Crippen molar-refractivity contribution >= 4 is 12.1 Å². The molecule has 0 aliphatic carbocycles. The SMILES string of the molecule is CCCCCCCCC(=O)OCCOCCOCCOCCOCCOCCOCCN(C)C(=O)OC(C)(C)C. The van der Waals surface area contributed by atoms with E-state index in [9.17, 15) is 9.59 Å². The molecule has 0 radical (unpaired) electrons. The van der Waals surface area contributed by atoms with Gasteiger partial charge in [-0.2, -0.15) is 0 Å². The molecule has 11 heteroatoms. The first-order valence-electron chi connectivity index (χ1n) is 14.8. The molecular weight excluding hydrogens is 522 g/mol. The van der Waals surface area contributed by atoms with Crippen molar-refractivity contribution in [2.45, 2.75) is 78.2 Å². The highest BCUT2D eigenvalue weighted by atomic mass is 16.6. The van der Waals surface area contributed by atoms with E-state index in [4.69, 9.17) is 37.9 Å². The Morgan fingerprint density at radius 2 is 0.975 bits per heavy atom. The van der Waals surface area contributed by atoms with Gasteiger partial charge in [-0.25, -0.2) is 4.79 Å². The Kier molecular flexibility index (Phi) is 26.6. The Hall–Kier alpha value is -1.50. The number of carbonyl (C=O) groups is 2. The van der Waals surface area contributed by atoms with Gasteiger partial charge in [-0.15, -0.1) is 0 Å². The van der Waals surface area contributed by atoms with Crippen LogP contribution in [0.25, 0.3) is 0 Å². The average molecular weight is 580 g/mol. The van der Waals surface area contributed by atoms with Gasteiger partial charge in [-0.05, 0) is 27.2 Å². The standard InChI is InChI=1S/C29H57NO10/c1-6-7-8-9-10-11-12-27(31)39-26-25-38-24-23-37-22-21-36-20-19-35-18-17-34-16-15-33-14-13-30(5)28(32)40-29(2,3)4/h6-26H2,1-5H3. The van der Waals surface area contributed by atoms with Crippen LogP contribution in [0.4, 0.5) is 4.79 Å². The normalized spacial score (nSPS) is 11.5. The van der Waals surface area contributed by atoms with Crippen molar-refractivity contribution in [2.75, 3.05) is 99.5 Å². The van der Waals surface area contributed by atoms with Crippen molar-refractivity contribution in [1.29, 1.82) is 0 Å². The highest BCUT2D eigenvalue weighted by Crippen LogP contribution is 2.09. The smallest absolute Gasteiger partial charge is 0.410 e. The molecule has 0 N–H and O–H groups in total. The minimum absolute atomic E-state index is 0.146. The van der Waals surface area contributed by atoms with Gasteiger partial charge in [-0.3, -0.25) is 4.79 Å². The zero-order valence-corrected chi connectivity index (χ0v) is 25.9. The van der Waals surface area contributed by atoms with Gasteiger partial charge in [0.1, 0.15) is 12.2 Å². The fourth-order valence-electron chi connectivity index (χ4n) is 3.17. The lowest BCUT2D eigenvalue weighted by atomic mass is 10.1. The highest BCUT2D eigenvalue weighted by molar-refractivity contribution is 5.69. The zero-order chi connectivity index (χ0) is 29.7. The van der Waals surface area contributed by atoms with Gasteiger partial charge in [0.2, 0.25) is 0 Å². The maximum atomic E-state index is 11.8. The fourth-order valence-corrected chi connectivity index (χ4v) is 3.17. The van der Waals surface area contributed by atoms with Crippen LogP contribution in [0.1, 0.15) is 72.6 Å². The summed E-state index contributed by atoms with van der Waals surface area (Å²) in [4.78, 5) is 25.0. The number of hydrogen-bond acceptors (Lipinski definition) is 10. The van der Waals surface area contributed by atoms with Crippen LogP contribution < -0.4 is 0 Å². The van der Waals surface area contributed by atoms with Gasteiger partial charge >= 0.3 is 12.1 Å². The van der Waals surface area contributed by atoms with E-state index in [-0.39, 0.29) is 18.7 Å². The Bertz CT molecular complexity index is 586. The maximum Gasteiger partial charge on any atom is 0.410 e. The van der Waals surface area contributed by atoms with Gasteiger partial charge in [0, 0.05) is 20.0 Å². The Labute approximate surface area is 242 Å². The van der Waals surface area contributed by atoms with Crippen molar-refractivity contribution in [3.8, 4) is 0 Å². The molecule has 11 nitrogen and oxygen atoms in total. The number of carbonyl (C=O) groups excluding carboxylic acids is 2. The lowest BCUT2D eigenvalue weighted by Crippen LogP contribution is -2.36. The first kappa shape index (κ1) is 38.5. The van der Waals surface area contributed by atoms with Crippen LogP contribution in [0.3, 0.4) is 0 Å². The van der Waals surface area contributed by atoms with Crippen molar-refractivity contribution in [3.63, 3.8) is 0 Å². The predicted octanol–water partition coefficient (Wildman–Crippen LogP) is 4.25. The summed E-state index contributed by atoms with van der Waals surface area (Å²) in [5.74, 6) is -0.146. The van der Waals surface area contributed by atoms with E-state index in [1.165, 1.54) is 30.6 Å². The topological polar surface area (TPSA) is 111 Å². The van der Waals surface area contributed by atoms with Gasteiger partial charge in [0.05, 0.1) is 79.3 Å². The minimum atomic E-state index is -0.508. The Balaban J connectivity index is 3.23. The lowest BCUT2D eigenvalue weighted by Gasteiger charge is -2.24. The van der Waals surface area contributed by atoms with Crippen molar-refractivity contribution in [1.82, 2.24) is 4.90 Å². The van der Waals surface area contributed by atoms with E-state index in [2.05, 4.69) is 6.92 Å². The third-order valence-corrected chi connectivity index (χ3v) is 5.36. The number of nitrogens with zero attached hydrogens (tertiary/aromatic N) is 1. The molecule has 0 heterocycles. The fraction of sp³-hybridized carbons (Fsp3) is 0.931. The predicted molar refractivity (Wildman–Crippen MR) is 153 cm³/mol. The second kappa shape index (κ2) is 27.7. The number of esters is 1. The molecule has 0 saturated heterocycles. The molecule has 0 aromatic heterocycles. The molecule has 0 unspecified atom stereocenters. The van der Waals surface area contributed by atoms with Crippen LogP contribution in [0.15, 0.2) is 0 Å². The molecule has 1 amide bonds. The van der Waals surface area contributed by atoms with Crippen LogP contribution >= 0.6 is 0 Å². The van der Waals surface area contributed by atoms with Crippen molar-refractivity contribution < 1.29 is 47.5 Å². The second-order valence-electron chi connectivity index (χ2n) is 10.3. The second-order valence-corrected chi connectivity index (χ2v) is 10.3. The largest absolute Gasteiger partial charge is 0.463 e. The molecule has 0 aromatic carbocycles. The summed E-state index contributed by atoms with van der Waals surface area (Å²) in [6.07, 6.45) is 7.05. The van der Waals surface area contributed by atoms with Gasteiger partial charge in [0.25, 0.3) is 0 Å². The molecule has 0 aromatic rings. The Morgan fingerprint density at radius 3 is 1.43 bits per heavy atom. The van der Waals surface area contributed by atoms with Gasteiger partial charge in [0.15, 0.2) is 0 Å². The summed E-state index contributed by atoms with van der Waals surface area (Å²) in [7, 11) is 1.68. The molecule has 0 spiro atoms. The molecule has 0 rings (SSSR count). The van der Waals surface area contributed by atoms with Crippen LogP contribution in [0, 0.1) is 0 Å². The number of amides is 1. The summed E-state index contributed by atoms with van der Waals surface area (Å²) >= 11 is 0. The summed E-state index contributed by atoms with van der Waals surface area (Å²) in [5.41, 5.74) is -0.508. The monoisotopic (exact) mass is 579 g/mol. The molecule has 0 aliphatic heterocycles. The first-order valence-corrected chi connectivity index (χ1v) is 14.8. The zero-order valence-electron chi connectivity index (χ0n) is 25.9. The summed E-state index contributed by atoms with van der Waals surface area (Å²) < 4.78 is 43.1. The van der Waals surface area contributed by atoms with Gasteiger partial charge < -0.3 is 42.8 Å². The lowest BCUT2D eigenvalue weighted by molar-refractivity contribution is -0.145. The average Bonchev–Trinajstić information content (AvgIpc) is 2.90. The minimum Gasteiger partial charge on any atom is -0.463 e. The molecule has 0 saturated carbocycles. The molecule has 0 bridgehead atoms. The summed E-state index contributed by atoms with van der Waals surface area (Å²) in [5, 5.41) is 0. The van der Waals surface area contributed by atoms with E-state index >= 15 is 0 Å². The first-order chi connectivity index (χ1) is 19.3. The van der Waals surface area contributed by atoms with E-state index < -0.39 is 5.60 Å². The number of unbranched alkanes of at least 4 members (excludes halogenated alkanes) is 5. The molecule has 0 atom stereocenters. The quantitative estimate of drug-likeness (QED) is 0.0985. The molecule has 40 heavy (non-hydrogen) atoms. The van der Waals surface area contributed by atoms with E-state index in [0.29, 0.717) is 92.2 Å². The van der Waals surface area contributed by atoms with E-state index in [1.807, 2.05) is 20.8 Å². The van der Waals surface area contributed by atoms with Crippen LogP contribution in [-0.4, -0.2) is 122 Å². The molecule has 0 aliphatic rings. The third-order valence-electron chi connectivity index (χ3n) is 5.36. The van der Waals surface area contributed by atoms with E-state index in [1.54, 1.807) is 7.05 Å². The van der Waals surface area contributed by atoms with Crippen LogP contribution in [-0.2, 0) is 42.7 Å². The molecule has 0 fully saturated rings. The van der Waals surface area contributed by atoms with Crippen LogP contribution in [0.5, 0.6) is 0 Å². The molecular formula is C29H57NO10. The number of likely N-dealkylation sites (N-methyl/N-ethyl adjacent to an activating group) is 1.